The molecule has 1 aliphatic rings. The molecule has 2 aromatic carbocycles. The molecule has 1 atom stereocenters. The van der Waals surface area contributed by atoms with Gasteiger partial charge in [-0.25, -0.2) is 0 Å². The normalized spacial score (nSPS) is 16.6. The molecule has 1 aliphatic heterocycles. The Kier molecular flexibility index (Phi) is 6.07. The van der Waals surface area contributed by atoms with Crippen molar-refractivity contribution in [3.8, 4) is 5.75 Å². The van der Waals surface area contributed by atoms with Crippen molar-refractivity contribution in [3.05, 3.63) is 65.2 Å². The van der Waals surface area contributed by atoms with E-state index in [1.165, 1.54) is 12.0 Å². The van der Waals surface area contributed by atoms with Gasteiger partial charge in [-0.05, 0) is 62.5 Å². The number of carbonyl (C=O) groups is 1. The van der Waals surface area contributed by atoms with Gasteiger partial charge in [-0.1, -0.05) is 35.9 Å². The fourth-order valence-electron chi connectivity index (χ4n) is 3.15. The third-order valence-corrected chi connectivity index (χ3v) is 4.58. The van der Waals surface area contributed by atoms with Crippen LogP contribution >= 0.6 is 0 Å². The van der Waals surface area contributed by atoms with Crippen molar-refractivity contribution in [1.29, 1.82) is 0 Å². The molecule has 25 heavy (non-hydrogen) atoms. The molecule has 0 saturated carbocycles. The maximum Gasteiger partial charge on any atom is 0.251 e. The van der Waals surface area contributed by atoms with E-state index >= 15 is 0 Å². The summed E-state index contributed by atoms with van der Waals surface area (Å²) in [4.78, 5) is 12.3. The van der Waals surface area contributed by atoms with Gasteiger partial charge < -0.3 is 15.4 Å². The van der Waals surface area contributed by atoms with Crippen molar-refractivity contribution in [1.82, 2.24) is 10.6 Å². The molecule has 0 bridgehead atoms. The third-order valence-electron chi connectivity index (χ3n) is 4.58. The molecule has 4 nitrogen and oxygen atoms in total. The van der Waals surface area contributed by atoms with Gasteiger partial charge in [0, 0.05) is 12.1 Å². The van der Waals surface area contributed by atoms with Crippen molar-refractivity contribution in [3.63, 3.8) is 0 Å². The lowest BCUT2D eigenvalue weighted by atomic mass is 10.1. The number of ether oxygens (including phenoxy) is 1. The molecule has 4 heteroatoms. The number of hydrogen-bond acceptors (Lipinski definition) is 3. The molecule has 132 valence electrons. The first-order chi connectivity index (χ1) is 12.2. The lowest BCUT2D eigenvalue weighted by Crippen LogP contribution is -2.26. The van der Waals surface area contributed by atoms with Crippen LogP contribution in [-0.4, -0.2) is 25.5 Å². The number of rotatable bonds is 7. The molecule has 0 aliphatic carbocycles. The van der Waals surface area contributed by atoms with Crippen LogP contribution < -0.4 is 15.4 Å². The molecular weight excluding hydrogens is 312 g/mol. The number of carbonyl (C=O) groups excluding carboxylic acids is 1. The number of amides is 1. The summed E-state index contributed by atoms with van der Waals surface area (Å²) in [5.41, 5.74) is 2.98. The molecule has 1 fully saturated rings. The zero-order chi connectivity index (χ0) is 17.5. The Labute approximate surface area is 149 Å². The predicted molar refractivity (Wildman–Crippen MR) is 99.9 cm³/mol. The van der Waals surface area contributed by atoms with E-state index in [1.807, 2.05) is 36.4 Å². The molecule has 2 aromatic rings. The molecule has 0 radical (unpaired) electrons. The standard InChI is InChI=1S/C21H26N2O2/c1-16-4-2-5-18(12-16)15-25-20-7-3-6-19(13-20)21(24)23-11-9-17-8-10-22-14-17/h2-7,12-13,17,22H,8-11,14-15H2,1H3,(H,23,24). The summed E-state index contributed by atoms with van der Waals surface area (Å²) in [7, 11) is 0. The fourth-order valence-corrected chi connectivity index (χ4v) is 3.15. The van der Waals surface area contributed by atoms with Crippen LogP contribution in [0.3, 0.4) is 0 Å². The summed E-state index contributed by atoms with van der Waals surface area (Å²) in [5, 5.41) is 6.36. The Morgan fingerprint density at radius 2 is 2.12 bits per heavy atom. The Bertz CT molecular complexity index is 709. The van der Waals surface area contributed by atoms with Crippen LogP contribution in [-0.2, 0) is 6.61 Å². The summed E-state index contributed by atoms with van der Waals surface area (Å²) in [6.07, 6.45) is 2.24. The Morgan fingerprint density at radius 3 is 2.92 bits per heavy atom. The van der Waals surface area contributed by atoms with Crippen molar-refractivity contribution in [2.75, 3.05) is 19.6 Å². The Hall–Kier alpha value is -2.33. The van der Waals surface area contributed by atoms with E-state index in [2.05, 4.69) is 29.7 Å². The molecule has 0 spiro atoms. The van der Waals surface area contributed by atoms with Gasteiger partial charge in [-0.2, -0.15) is 0 Å². The molecule has 1 heterocycles. The summed E-state index contributed by atoms with van der Waals surface area (Å²) in [6.45, 7) is 5.45. The second-order valence-electron chi connectivity index (χ2n) is 6.71. The van der Waals surface area contributed by atoms with Crippen molar-refractivity contribution in [2.45, 2.75) is 26.4 Å². The van der Waals surface area contributed by atoms with Crippen molar-refractivity contribution >= 4 is 5.91 Å². The second-order valence-corrected chi connectivity index (χ2v) is 6.71. The quantitative estimate of drug-likeness (QED) is 0.814. The van der Waals surface area contributed by atoms with Gasteiger partial charge in [0.25, 0.3) is 5.91 Å². The second kappa shape index (κ2) is 8.67. The van der Waals surface area contributed by atoms with Gasteiger partial charge >= 0.3 is 0 Å². The van der Waals surface area contributed by atoms with Crippen LogP contribution in [0.5, 0.6) is 5.75 Å². The van der Waals surface area contributed by atoms with Gasteiger partial charge in [-0.3, -0.25) is 4.79 Å². The summed E-state index contributed by atoms with van der Waals surface area (Å²) >= 11 is 0. The summed E-state index contributed by atoms with van der Waals surface area (Å²) < 4.78 is 5.84. The van der Waals surface area contributed by atoms with E-state index < -0.39 is 0 Å². The highest BCUT2D eigenvalue weighted by Gasteiger charge is 2.14. The van der Waals surface area contributed by atoms with Gasteiger partial charge in [-0.15, -0.1) is 0 Å². The lowest BCUT2D eigenvalue weighted by Gasteiger charge is -2.11. The minimum Gasteiger partial charge on any atom is -0.489 e. The smallest absolute Gasteiger partial charge is 0.251 e. The van der Waals surface area contributed by atoms with E-state index in [4.69, 9.17) is 4.74 Å². The summed E-state index contributed by atoms with van der Waals surface area (Å²) in [5.74, 6) is 1.37. The molecule has 1 saturated heterocycles. The monoisotopic (exact) mass is 338 g/mol. The lowest BCUT2D eigenvalue weighted by molar-refractivity contribution is 0.0951. The number of benzene rings is 2. The van der Waals surface area contributed by atoms with Gasteiger partial charge in [0.2, 0.25) is 0 Å². The molecule has 0 aromatic heterocycles. The Morgan fingerprint density at radius 1 is 1.24 bits per heavy atom. The molecule has 1 unspecified atom stereocenters. The van der Waals surface area contributed by atoms with Crippen molar-refractivity contribution in [2.24, 2.45) is 5.92 Å². The van der Waals surface area contributed by atoms with E-state index in [9.17, 15) is 4.79 Å². The predicted octanol–water partition coefficient (Wildman–Crippen LogP) is 3.30. The van der Waals surface area contributed by atoms with Crippen LogP contribution in [0.15, 0.2) is 48.5 Å². The van der Waals surface area contributed by atoms with Crippen molar-refractivity contribution < 1.29 is 9.53 Å². The average Bonchev–Trinajstić information content (AvgIpc) is 3.14. The van der Waals surface area contributed by atoms with Crippen LogP contribution in [0.4, 0.5) is 0 Å². The first kappa shape index (κ1) is 17.5. The fraction of sp³-hybridized carbons (Fsp3) is 0.381. The third kappa shape index (κ3) is 5.33. The molecule has 3 rings (SSSR count). The highest BCUT2D eigenvalue weighted by molar-refractivity contribution is 5.94. The molecule has 1 amide bonds. The molecular formula is C21H26N2O2. The maximum atomic E-state index is 12.3. The van der Waals surface area contributed by atoms with Crippen LogP contribution in [0.25, 0.3) is 0 Å². The largest absolute Gasteiger partial charge is 0.489 e. The molecule has 2 N–H and O–H groups in total. The van der Waals surface area contributed by atoms with E-state index in [0.717, 1.165) is 31.6 Å². The first-order valence-electron chi connectivity index (χ1n) is 8.98. The number of hydrogen-bond donors (Lipinski definition) is 2. The minimum absolute atomic E-state index is 0.0352. The first-order valence-corrected chi connectivity index (χ1v) is 8.98. The average molecular weight is 338 g/mol. The zero-order valence-corrected chi connectivity index (χ0v) is 14.8. The van der Waals surface area contributed by atoms with E-state index in [0.29, 0.717) is 23.8 Å². The van der Waals surface area contributed by atoms with Crippen LogP contribution in [0, 0.1) is 12.8 Å². The topological polar surface area (TPSA) is 50.4 Å². The summed E-state index contributed by atoms with van der Waals surface area (Å²) in [6, 6.07) is 15.6. The number of nitrogens with one attached hydrogen (secondary N) is 2. The zero-order valence-electron chi connectivity index (χ0n) is 14.8. The number of aryl methyl sites for hydroxylation is 1. The Balaban J connectivity index is 1.50. The minimum atomic E-state index is -0.0352. The maximum absolute atomic E-state index is 12.3. The van der Waals surface area contributed by atoms with Gasteiger partial charge in [0.1, 0.15) is 12.4 Å². The van der Waals surface area contributed by atoms with Crippen LogP contribution in [0.2, 0.25) is 0 Å². The highest BCUT2D eigenvalue weighted by atomic mass is 16.5. The highest BCUT2D eigenvalue weighted by Crippen LogP contribution is 2.16. The van der Waals surface area contributed by atoms with Gasteiger partial charge in [0.15, 0.2) is 0 Å². The van der Waals surface area contributed by atoms with E-state index in [-0.39, 0.29) is 5.91 Å². The van der Waals surface area contributed by atoms with E-state index in [1.54, 1.807) is 0 Å². The van der Waals surface area contributed by atoms with Crippen LogP contribution in [0.1, 0.15) is 34.3 Å². The SMILES string of the molecule is Cc1cccc(COc2cccc(C(=O)NCCC3CCNC3)c2)c1. The van der Waals surface area contributed by atoms with Gasteiger partial charge in [0.05, 0.1) is 0 Å².